The average Bonchev–Trinajstić information content (AvgIpc) is 3.19. The number of ether oxygens (including phenoxy) is 1. The molecule has 0 bridgehead atoms. The van der Waals surface area contributed by atoms with Gasteiger partial charge in [0.15, 0.2) is 0 Å². The topological polar surface area (TPSA) is 27.1 Å². The summed E-state index contributed by atoms with van der Waals surface area (Å²) in [5, 5.41) is 0.691. The van der Waals surface area contributed by atoms with Crippen molar-refractivity contribution in [2.24, 2.45) is 5.92 Å². The molecule has 2 aromatic rings. The number of hydrogen-bond acceptors (Lipinski definition) is 2. The Labute approximate surface area is 128 Å². The van der Waals surface area contributed by atoms with E-state index in [1.165, 1.54) is 12.8 Å². The highest BCUT2D eigenvalue weighted by Crippen LogP contribution is 2.29. The van der Waals surface area contributed by atoms with Gasteiger partial charge in [0.25, 0.3) is 0 Å². The lowest BCUT2D eigenvalue weighted by Crippen LogP contribution is -2.11. The first kappa shape index (κ1) is 14.2. The normalized spacial score (nSPS) is 15.1. The second-order valence-electron chi connectivity index (χ2n) is 5.24. The van der Waals surface area contributed by atoms with E-state index in [0.717, 1.165) is 42.3 Å². The molecule has 0 spiro atoms. The van der Waals surface area contributed by atoms with Gasteiger partial charge in [-0.3, -0.25) is 0 Å². The predicted octanol–water partition coefficient (Wildman–Crippen LogP) is 3.90. The minimum Gasteiger partial charge on any atom is -0.379 e. The van der Waals surface area contributed by atoms with Crippen molar-refractivity contribution in [3.8, 4) is 0 Å². The lowest BCUT2D eigenvalue weighted by Gasteiger charge is -2.09. The maximum atomic E-state index is 6.21. The number of aromatic nitrogens is 2. The van der Waals surface area contributed by atoms with Gasteiger partial charge in [0.2, 0.25) is 0 Å². The van der Waals surface area contributed by atoms with Crippen molar-refractivity contribution in [1.82, 2.24) is 9.55 Å². The van der Waals surface area contributed by atoms with E-state index in [4.69, 9.17) is 27.9 Å². The second kappa shape index (κ2) is 6.33. The van der Waals surface area contributed by atoms with E-state index in [0.29, 0.717) is 17.5 Å². The monoisotopic (exact) mass is 312 g/mol. The molecule has 0 aliphatic heterocycles. The van der Waals surface area contributed by atoms with E-state index >= 15 is 0 Å². The number of benzene rings is 1. The SMILES string of the molecule is ClCCc1nc2c(Cl)cccc2n1CCOCC1CC1. The highest BCUT2D eigenvalue weighted by molar-refractivity contribution is 6.34. The third-order valence-corrected chi connectivity index (χ3v) is 4.13. The van der Waals surface area contributed by atoms with Crippen molar-refractivity contribution in [2.75, 3.05) is 19.1 Å². The van der Waals surface area contributed by atoms with Crippen molar-refractivity contribution in [3.63, 3.8) is 0 Å². The molecule has 0 N–H and O–H groups in total. The van der Waals surface area contributed by atoms with Crippen LogP contribution in [-0.2, 0) is 17.7 Å². The quantitative estimate of drug-likeness (QED) is 0.572. The molecule has 0 radical (unpaired) electrons. The number of halogens is 2. The van der Waals surface area contributed by atoms with Gasteiger partial charge in [-0.1, -0.05) is 17.7 Å². The number of nitrogens with zero attached hydrogens (tertiary/aromatic N) is 2. The molecule has 20 heavy (non-hydrogen) atoms. The summed E-state index contributed by atoms with van der Waals surface area (Å²) in [5.41, 5.74) is 1.92. The minimum atomic E-state index is 0.559. The van der Waals surface area contributed by atoms with Crippen molar-refractivity contribution in [3.05, 3.63) is 29.0 Å². The fourth-order valence-corrected chi connectivity index (χ4v) is 2.76. The Morgan fingerprint density at radius 2 is 2.20 bits per heavy atom. The van der Waals surface area contributed by atoms with Gasteiger partial charge in [0.05, 0.1) is 17.1 Å². The molecule has 1 saturated carbocycles. The smallest absolute Gasteiger partial charge is 0.111 e. The number of rotatable bonds is 7. The third-order valence-electron chi connectivity index (χ3n) is 3.64. The van der Waals surface area contributed by atoms with E-state index in [2.05, 4.69) is 9.55 Å². The van der Waals surface area contributed by atoms with Gasteiger partial charge >= 0.3 is 0 Å². The molecule has 5 heteroatoms. The number of para-hydroxylation sites is 1. The van der Waals surface area contributed by atoms with E-state index in [9.17, 15) is 0 Å². The molecular weight excluding hydrogens is 295 g/mol. The zero-order chi connectivity index (χ0) is 13.9. The van der Waals surface area contributed by atoms with Crippen LogP contribution in [0.1, 0.15) is 18.7 Å². The van der Waals surface area contributed by atoms with Crippen LogP contribution >= 0.6 is 23.2 Å². The van der Waals surface area contributed by atoms with Crippen LogP contribution < -0.4 is 0 Å². The summed E-state index contributed by atoms with van der Waals surface area (Å²) >= 11 is 12.1. The maximum Gasteiger partial charge on any atom is 0.111 e. The predicted molar refractivity (Wildman–Crippen MR) is 82.7 cm³/mol. The van der Waals surface area contributed by atoms with Gasteiger partial charge in [0, 0.05) is 25.5 Å². The van der Waals surface area contributed by atoms with E-state index in [1.54, 1.807) is 0 Å². The van der Waals surface area contributed by atoms with Crippen LogP contribution in [0.25, 0.3) is 11.0 Å². The highest BCUT2D eigenvalue weighted by atomic mass is 35.5. The van der Waals surface area contributed by atoms with Crippen molar-refractivity contribution < 1.29 is 4.74 Å². The van der Waals surface area contributed by atoms with Crippen LogP contribution in [-0.4, -0.2) is 28.6 Å². The molecule has 0 atom stereocenters. The Hall–Kier alpha value is -0.770. The maximum absolute atomic E-state index is 6.21. The van der Waals surface area contributed by atoms with Crippen LogP contribution in [0.5, 0.6) is 0 Å². The fraction of sp³-hybridized carbons (Fsp3) is 0.533. The summed E-state index contributed by atoms with van der Waals surface area (Å²) in [4.78, 5) is 4.62. The summed E-state index contributed by atoms with van der Waals surface area (Å²) in [5.74, 6) is 2.34. The van der Waals surface area contributed by atoms with Gasteiger partial charge in [0.1, 0.15) is 11.3 Å². The highest BCUT2D eigenvalue weighted by Gasteiger charge is 2.21. The molecule has 1 aliphatic rings. The van der Waals surface area contributed by atoms with E-state index in [-0.39, 0.29) is 0 Å². The molecule has 108 valence electrons. The van der Waals surface area contributed by atoms with Crippen molar-refractivity contribution >= 4 is 34.2 Å². The number of alkyl halides is 1. The summed E-state index contributed by atoms with van der Waals surface area (Å²) in [6, 6.07) is 5.88. The van der Waals surface area contributed by atoms with Crippen molar-refractivity contribution in [1.29, 1.82) is 0 Å². The zero-order valence-electron chi connectivity index (χ0n) is 11.3. The lowest BCUT2D eigenvalue weighted by atomic mass is 10.3. The number of hydrogen-bond donors (Lipinski definition) is 0. The Morgan fingerprint density at radius 1 is 1.35 bits per heavy atom. The standard InChI is InChI=1S/C15H18Cl2N2O/c16-7-6-14-18-15-12(17)2-1-3-13(15)19(14)8-9-20-10-11-4-5-11/h1-3,11H,4-10H2. The molecule has 1 aromatic heterocycles. The van der Waals surface area contributed by atoms with Gasteiger partial charge in [-0.25, -0.2) is 4.98 Å². The first-order valence-electron chi connectivity index (χ1n) is 7.07. The van der Waals surface area contributed by atoms with E-state index in [1.807, 2.05) is 18.2 Å². The van der Waals surface area contributed by atoms with Crippen LogP contribution in [0, 0.1) is 5.92 Å². The molecule has 0 amide bonds. The molecule has 1 heterocycles. The number of fused-ring (bicyclic) bond motifs is 1. The molecule has 1 fully saturated rings. The zero-order valence-corrected chi connectivity index (χ0v) is 12.8. The molecule has 3 nitrogen and oxygen atoms in total. The second-order valence-corrected chi connectivity index (χ2v) is 6.03. The van der Waals surface area contributed by atoms with Gasteiger partial charge < -0.3 is 9.30 Å². The first-order chi connectivity index (χ1) is 9.79. The summed E-state index contributed by atoms with van der Waals surface area (Å²) in [7, 11) is 0. The largest absolute Gasteiger partial charge is 0.379 e. The Kier molecular flexibility index (Phi) is 4.49. The van der Waals surface area contributed by atoms with Crippen LogP contribution in [0.2, 0.25) is 5.02 Å². The van der Waals surface area contributed by atoms with Crippen LogP contribution in [0.3, 0.4) is 0 Å². The van der Waals surface area contributed by atoms with Gasteiger partial charge in [-0.15, -0.1) is 11.6 Å². The minimum absolute atomic E-state index is 0.559. The summed E-state index contributed by atoms with van der Waals surface area (Å²) < 4.78 is 7.91. The lowest BCUT2D eigenvalue weighted by molar-refractivity contribution is 0.117. The van der Waals surface area contributed by atoms with Gasteiger partial charge in [-0.05, 0) is 30.9 Å². The van der Waals surface area contributed by atoms with Crippen LogP contribution in [0.4, 0.5) is 0 Å². The van der Waals surface area contributed by atoms with E-state index < -0.39 is 0 Å². The Morgan fingerprint density at radius 3 is 2.95 bits per heavy atom. The van der Waals surface area contributed by atoms with Crippen molar-refractivity contribution in [2.45, 2.75) is 25.8 Å². The molecular formula is C15H18Cl2N2O. The third kappa shape index (κ3) is 3.11. The molecule has 1 aliphatic carbocycles. The number of imidazole rings is 1. The van der Waals surface area contributed by atoms with Crippen LogP contribution in [0.15, 0.2) is 18.2 Å². The van der Waals surface area contributed by atoms with Gasteiger partial charge in [-0.2, -0.15) is 0 Å². The number of aryl methyl sites for hydroxylation is 1. The molecule has 3 rings (SSSR count). The average molecular weight is 313 g/mol. The fourth-order valence-electron chi connectivity index (χ4n) is 2.38. The molecule has 1 aromatic carbocycles. The molecule has 0 unspecified atom stereocenters. The first-order valence-corrected chi connectivity index (χ1v) is 7.98. The summed E-state index contributed by atoms with van der Waals surface area (Å²) in [6.07, 6.45) is 3.39. The molecule has 0 saturated heterocycles. The summed E-state index contributed by atoms with van der Waals surface area (Å²) in [6.45, 7) is 2.40. The Balaban J connectivity index is 1.78. The Bertz CT molecular complexity index is 593.